The zero-order valence-electron chi connectivity index (χ0n) is 17.7. The van der Waals surface area contributed by atoms with Gasteiger partial charge in [0.05, 0.1) is 0 Å². The van der Waals surface area contributed by atoms with Crippen molar-refractivity contribution in [3.05, 3.63) is 66.0 Å². The quantitative estimate of drug-likeness (QED) is 0.663. The second kappa shape index (κ2) is 8.26. The molecule has 1 saturated heterocycles. The SMILES string of the molecule is CC(C)(C)c1ccc(C(=O)N2CCC(Oc3ccc(-n4cccn4)nn3)CC2)cc1. The average Bonchev–Trinajstić information content (AvgIpc) is 3.29. The lowest BCUT2D eigenvalue weighted by molar-refractivity contribution is 0.0586. The minimum atomic E-state index is 0.0298. The second-order valence-corrected chi connectivity index (χ2v) is 8.62. The number of piperidine rings is 1. The number of rotatable bonds is 4. The molecule has 3 heterocycles. The Morgan fingerprint density at radius 2 is 1.77 bits per heavy atom. The Morgan fingerprint density at radius 3 is 2.33 bits per heavy atom. The van der Waals surface area contributed by atoms with E-state index >= 15 is 0 Å². The van der Waals surface area contributed by atoms with Gasteiger partial charge in [0.15, 0.2) is 5.82 Å². The van der Waals surface area contributed by atoms with Crippen molar-refractivity contribution in [1.82, 2.24) is 24.9 Å². The van der Waals surface area contributed by atoms with Crippen LogP contribution in [-0.2, 0) is 5.41 Å². The van der Waals surface area contributed by atoms with Gasteiger partial charge >= 0.3 is 0 Å². The van der Waals surface area contributed by atoms with Gasteiger partial charge in [-0.25, -0.2) is 4.68 Å². The van der Waals surface area contributed by atoms with Gasteiger partial charge in [0.2, 0.25) is 5.88 Å². The molecule has 1 amide bonds. The van der Waals surface area contributed by atoms with E-state index in [1.165, 1.54) is 5.56 Å². The Labute approximate surface area is 176 Å². The minimum Gasteiger partial charge on any atom is -0.473 e. The third-order valence-corrected chi connectivity index (χ3v) is 5.38. The van der Waals surface area contributed by atoms with Crippen molar-refractivity contribution < 1.29 is 9.53 Å². The number of nitrogens with zero attached hydrogens (tertiary/aromatic N) is 5. The number of benzene rings is 1. The van der Waals surface area contributed by atoms with E-state index in [9.17, 15) is 4.79 Å². The van der Waals surface area contributed by atoms with Crippen LogP contribution >= 0.6 is 0 Å². The van der Waals surface area contributed by atoms with E-state index in [0.717, 1.165) is 18.4 Å². The number of amides is 1. The molecular weight excluding hydrogens is 378 g/mol. The molecule has 156 valence electrons. The van der Waals surface area contributed by atoms with Crippen LogP contribution in [0.15, 0.2) is 54.9 Å². The monoisotopic (exact) mass is 405 g/mol. The highest BCUT2D eigenvalue weighted by Crippen LogP contribution is 2.23. The Balaban J connectivity index is 1.31. The molecule has 30 heavy (non-hydrogen) atoms. The normalized spacial score (nSPS) is 15.2. The number of ether oxygens (including phenoxy) is 1. The van der Waals surface area contributed by atoms with Gasteiger partial charge in [-0.2, -0.15) is 5.10 Å². The van der Waals surface area contributed by atoms with E-state index in [4.69, 9.17) is 4.74 Å². The molecule has 1 fully saturated rings. The van der Waals surface area contributed by atoms with Crippen molar-refractivity contribution in [3.63, 3.8) is 0 Å². The van der Waals surface area contributed by atoms with Gasteiger partial charge in [-0.15, -0.1) is 10.2 Å². The summed E-state index contributed by atoms with van der Waals surface area (Å²) in [5, 5.41) is 12.4. The highest BCUT2D eigenvalue weighted by molar-refractivity contribution is 5.94. The first-order chi connectivity index (χ1) is 14.4. The van der Waals surface area contributed by atoms with Crippen molar-refractivity contribution in [3.8, 4) is 11.7 Å². The number of hydrogen-bond acceptors (Lipinski definition) is 5. The number of aromatic nitrogens is 4. The van der Waals surface area contributed by atoms with Crippen LogP contribution in [0.4, 0.5) is 0 Å². The van der Waals surface area contributed by atoms with Crippen LogP contribution in [0.5, 0.6) is 5.88 Å². The van der Waals surface area contributed by atoms with E-state index in [1.54, 1.807) is 16.9 Å². The van der Waals surface area contributed by atoms with Gasteiger partial charge in [-0.05, 0) is 35.2 Å². The van der Waals surface area contributed by atoms with Crippen molar-refractivity contribution >= 4 is 5.91 Å². The summed E-state index contributed by atoms with van der Waals surface area (Å²) < 4.78 is 7.62. The van der Waals surface area contributed by atoms with Crippen LogP contribution in [0.3, 0.4) is 0 Å². The molecule has 1 aliphatic heterocycles. The fourth-order valence-electron chi connectivity index (χ4n) is 3.55. The molecule has 7 nitrogen and oxygen atoms in total. The van der Waals surface area contributed by atoms with E-state index in [2.05, 4.69) is 48.2 Å². The summed E-state index contributed by atoms with van der Waals surface area (Å²) >= 11 is 0. The predicted octanol–water partition coefficient (Wildman–Crippen LogP) is 3.64. The summed E-state index contributed by atoms with van der Waals surface area (Å²) in [4.78, 5) is 14.7. The zero-order valence-corrected chi connectivity index (χ0v) is 17.7. The first-order valence-electron chi connectivity index (χ1n) is 10.3. The van der Waals surface area contributed by atoms with Crippen molar-refractivity contribution in [2.45, 2.75) is 45.1 Å². The Kier molecular flexibility index (Phi) is 5.53. The van der Waals surface area contributed by atoms with Gasteiger partial charge in [0.25, 0.3) is 5.91 Å². The molecule has 0 spiro atoms. The van der Waals surface area contributed by atoms with E-state index < -0.39 is 0 Å². The zero-order chi connectivity index (χ0) is 21.1. The Morgan fingerprint density at radius 1 is 1.03 bits per heavy atom. The molecular formula is C23H27N5O2. The predicted molar refractivity (Wildman–Crippen MR) is 114 cm³/mol. The molecule has 1 aromatic carbocycles. The maximum Gasteiger partial charge on any atom is 0.253 e. The third kappa shape index (κ3) is 4.50. The highest BCUT2D eigenvalue weighted by Gasteiger charge is 2.25. The molecule has 0 radical (unpaired) electrons. The first kappa shape index (κ1) is 20.1. The molecule has 0 atom stereocenters. The lowest BCUT2D eigenvalue weighted by Crippen LogP contribution is -2.41. The number of hydrogen-bond donors (Lipinski definition) is 0. The topological polar surface area (TPSA) is 73.1 Å². The van der Waals surface area contributed by atoms with Gasteiger partial charge in [0.1, 0.15) is 6.10 Å². The van der Waals surface area contributed by atoms with E-state index in [-0.39, 0.29) is 17.4 Å². The van der Waals surface area contributed by atoms with Crippen LogP contribution < -0.4 is 4.74 Å². The molecule has 1 aliphatic rings. The summed E-state index contributed by atoms with van der Waals surface area (Å²) in [6.45, 7) is 7.85. The van der Waals surface area contributed by atoms with Gasteiger partial charge in [-0.3, -0.25) is 4.79 Å². The molecule has 0 saturated carbocycles. The van der Waals surface area contributed by atoms with Crippen molar-refractivity contribution in [2.24, 2.45) is 0 Å². The van der Waals surface area contributed by atoms with Crippen LogP contribution in [0.2, 0.25) is 0 Å². The summed E-state index contributed by atoms with van der Waals surface area (Å²) in [5.74, 6) is 1.22. The maximum absolute atomic E-state index is 12.8. The first-order valence-corrected chi connectivity index (χ1v) is 10.3. The summed E-state index contributed by atoms with van der Waals surface area (Å²) in [6, 6.07) is 13.4. The van der Waals surface area contributed by atoms with Crippen LogP contribution in [0.1, 0.15) is 49.5 Å². The molecule has 2 aromatic heterocycles. The van der Waals surface area contributed by atoms with Crippen LogP contribution in [0.25, 0.3) is 5.82 Å². The smallest absolute Gasteiger partial charge is 0.253 e. The number of carbonyl (C=O) groups excluding carboxylic acids is 1. The number of likely N-dealkylation sites (tertiary alicyclic amines) is 1. The summed E-state index contributed by atoms with van der Waals surface area (Å²) in [6.07, 6.45) is 5.08. The Hall–Kier alpha value is -3.22. The fourth-order valence-corrected chi connectivity index (χ4v) is 3.55. The average molecular weight is 406 g/mol. The standard InChI is InChI=1S/C23H27N5O2/c1-23(2,3)18-7-5-17(6-8-18)22(29)27-15-11-19(12-16-27)30-21-10-9-20(25-26-21)28-14-4-13-24-28/h4-10,13-14,19H,11-12,15-16H2,1-3H3. The maximum atomic E-state index is 12.8. The lowest BCUT2D eigenvalue weighted by atomic mass is 9.86. The van der Waals surface area contributed by atoms with Crippen molar-refractivity contribution in [2.75, 3.05) is 13.1 Å². The third-order valence-electron chi connectivity index (χ3n) is 5.38. The minimum absolute atomic E-state index is 0.0298. The molecule has 0 bridgehead atoms. The number of carbonyl (C=O) groups is 1. The van der Waals surface area contributed by atoms with Crippen LogP contribution in [-0.4, -0.2) is 50.0 Å². The fraction of sp³-hybridized carbons (Fsp3) is 0.391. The van der Waals surface area contributed by atoms with E-state index in [0.29, 0.717) is 24.8 Å². The molecule has 4 rings (SSSR count). The lowest BCUT2D eigenvalue weighted by Gasteiger charge is -2.32. The van der Waals surface area contributed by atoms with Crippen LogP contribution in [0, 0.1) is 0 Å². The molecule has 0 N–H and O–H groups in total. The molecule has 0 aliphatic carbocycles. The van der Waals surface area contributed by atoms with Crippen molar-refractivity contribution in [1.29, 1.82) is 0 Å². The van der Waals surface area contributed by atoms with Gasteiger partial charge in [0, 0.05) is 50.0 Å². The summed E-state index contributed by atoms with van der Waals surface area (Å²) in [7, 11) is 0. The largest absolute Gasteiger partial charge is 0.473 e. The molecule has 3 aromatic rings. The van der Waals surface area contributed by atoms with Gasteiger partial charge in [-0.1, -0.05) is 32.9 Å². The summed E-state index contributed by atoms with van der Waals surface area (Å²) in [5.41, 5.74) is 2.05. The molecule has 0 unspecified atom stereocenters. The highest BCUT2D eigenvalue weighted by atomic mass is 16.5. The Bertz CT molecular complexity index is 968. The molecule has 7 heteroatoms. The second-order valence-electron chi connectivity index (χ2n) is 8.62. The van der Waals surface area contributed by atoms with Gasteiger partial charge < -0.3 is 9.64 Å². The van der Waals surface area contributed by atoms with E-state index in [1.807, 2.05) is 35.4 Å².